The second kappa shape index (κ2) is 8.01. The normalized spacial score (nSPS) is 11.9. The number of carbonyl (C=O) groups excluding carboxylic acids is 1. The second-order valence-electron chi connectivity index (χ2n) is 6.11. The van der Waals surface area contributed by atoms with Crippen molar-refractivity contribution in [1.29, 1.82) is 0 Å². The molecule has 27 heavy (non-hydrogen) atoms. The van der Waals surface area contributed by atoms with Gasteiger partial charge in [0.15, 0.2) is 5.82 Å². The summed E-state index contributed by atoms with van der Waals surface area (Å²) in [7, 11) is 1.55. The number of aromatic nitrogens is 2. The average Bonchev–Trinajstić information content (AvgIpc) is 3.18. The summed E-state index contributed by atoms with van der Waals surface area (Å²) in [5, 5.41) is 6.79. The minimum absolute atomic E-state index is 0.334. The van der Waals surface area contributed by atoms with E-state index in [0.717, 1.165) is 11.1 Å². The van der Waals surface area contributed by atoms with Gasteiger partial charge in [0.1, 0.15) is 11.8 Å². The molecule has 1 unspecified atom stereocenters. The molecule has 0 aliphatic rings. The van der Waals surface area contributed by atoms with Crippen LogP contribution in [-0.2, 0) is 11.2 Å². The molecule has 0 aliphatic carbocycles. The first-order valence-corrected chi connectivity index (χ1v) is 8.66. The van der Waals surface area contributed by atoms with Crippen LogP contribution >= 0.6 is 0 Å². The molecule has 0 fully saturated rings. The summed E-state index contributed by atoms with van der Waals surface area (Å²) in [6, 6.07) is 11.9. The van der Waals surface area contributed by atoms with E-state index in [4.69, 9.17) is 15.0 Å². The Balaban J connectivity index is 1.84. The number of aryl methyl sites for hydroxylation is 2. The number of benzene rings is 2. The topological polar surface area (TPSA) is 103 Å². The number of nitrogens with two attached hydrogens (primary N) is 1. The highest BCUT2D eigenvalue weighted by molar-refractivity contribution is 5.96. The van der Waals surface area contributed by atoms with Crippen LogP contribution < -0.4 is 15.8 Å². The maximum atomic E-state index is 12.7. The van der Waals surface area contributed by atoms with Crippen LogP contribution in [0.5, 0.6) is 5.75 Å². The Bertz CT molecular complexity index is 952. The highest BCUT2D eigenvalue weighted by atomic mass is 16.5. The minimum atomic E-state index is -0.862. The number of anilines is 1. The van der Waals surface area contributed by atoms with E-state index in [1.165, 1.54) is 0 Å². The number of rotatable bonds is 6. The van der Waals surface area contributed by atoms with Gasteiger partial charge in [-0.25, -0.2) is 0 Å². The standard InChI is InChI=1S/C20H22N4O3/c1-4-17-23-20(27-24-17)13-10-9-12(2)15(11-13)22-19(25)18(21)14-7-5-6-8-16(14)26-3/h5-11,18H,4,21H2,1-3H3,(H,22,25). The molecule has 7 heteroatoms. The lowest BCUT2D eigenvalue weighted by Gasteiger charge is -2.16. The largest absolute Gasteiger partial charge is 0.496 e. The molecule has 0 saturated heterocycles. The van der Waals surface area contributed by atoms with Crippen LogP contribution in [0.25, 0.3) is 11.5 Å². The summed E-state index contributed by atoms with van der Waals surface area (Å²) in [6.07, 6.45) is 0.687. The lowest BCUT2D eigenvalue weighted by molar-refractivity contribution is -0.117. The van der Waals surface area contributed by atoms with Gasteiger partial charge in [0.05, 0.1) is 7.11 Å². The zero-order chi connectivity index (χ0) is 19.4. The molecule has 140 valence electrons. The van der Waals surface area contributed by atoms with Crippen LogP contribution in [-0.4, -0.2) is 23.2 Å². The summed E-state index contributed by atoms with van der Waals surface area (Å²) in [6.45, 7) is 3.86. The lowest BCUT2D eigenvalue weighted by Crippen LogP contribution is -2.28. The van der Waals surface area contributed by atoms with Gasteiger partial charge < -0.3 is 20.3 Å². The van der Waals surface area contributed by atoms with E-state index < -0.39 is 6.04 Å². The fraction of sp³-hybridized carbons (Fsp3) is 0.250. The van der Waals surface area contributed by atoms with Crippen molar-refractivity contribution in [3.05, 3.63) is 59.4 Å². The zero-order valence-corrected chi connectivity index (χ0v) is 15.5. The SMILES string of the molecule is CCc1noc(-c2ccc(C)c(NC(=O)C(N)c3ccccc3OC)c2)n1. The molecule has 0 bridgehead atoms. The van der Waals surface area contributed by atoms with Crippen LogP contribution in [0.4, 0.5) is 5.69 Å². The van der Waals surface area contributed by atoms with E-state index in [2.05, 4.69) is 15.5 Å². The summed E-state index contributed by atoms with van der Waals surface area (Å²) in [5.41, 5.74) is 9.04. The van der Waals surface area contributed by atoms with Gasteiger partial charge in [-0.3, -0.25) is 4.79 Å². The van der Waals surface area contributed by atoms with E-state index in [1.54, 1.807) is 25.3 Å². The van der Waals surface area contributed by atoms with Gasteiger partial charge in [-0.05, 0) is 30.7 Å². The number of carbonyl (C=O) groups is 1. The molecule has 1 amide bonds. The fourth-order valence-electron chi connectivity index (χ4n) is 2.68. The van der Waals surface area contributed by atoms with Crippen molar-refractivity contribution in [1.82, 2.24) is 10.1 Å². The number of methoxy groups -OCH3 is 1. The predicted octanol–water partition coefficient (Wildman–Crippen LogP) is 3.25. The van der Waals surface area contributed by atoms with Crippen molar-refractivity contribution in [2.45, 2.75) is 26.3 Å². The van der Waals surface area contributed by atoms with Gasteiger partial charge >= 0.3 is 0 Å². The van der Waals surface area contributed by atoms with E-state index in [1.807, 2.05) is 38.1 Å². The molecule has 0 aliphatic heterocycles. The first kappa shape index (κ1) is 18.6. The fourth-order valence-corrected chi connectivity index (χ4v) is 2.68. The van der Waals surface area contributed by atoms with Gasteiger partial charge in [0.25, 0.3) is 5.89 Å². The Kier molecular flexibility index (Phi) is 5.52. The number of hydrogen-bond donors (Lipinski definition) is 2. The van der Waals surface area contributed by atoms with Crippen LogP contribution in [0, 0.1) is 6.92 Å². The number of ether oxygens (including phenoxy) is 1. The monoisotopic (exact) mass is 366 g/mol. The summed E-state index contributed by atoms with van der Waals surface area (Å²) >= 11 is 0. The number of amides is 1. The van der Waals surface area contributed by atoms with Gasteiger partial charge in [-0.1, -0.05) is 36.3 Å². The molecule has 0 saturated carbocycles. The third-order valence-electron chi connectivity index (χ3n) is 4.28. The number of nitrogens with zero attached hydrogens (tertiary/aromatic N) is 2. The highest BCUT2D eigenvalue weighted by Gasteiger charge is 2.20. The smallest absolute Gasteiger partial charge is 0.257 e. The van der Waals surface area contributed by atoms with Crippen LogP contribution in [0.1, 0.15) is 29.9 Å². The Morgan fingerprint density at radius 2 is 2.07 bits per heavy atom. The lowest BCUT2D eigenvalue weighted by atomic mass is 10.0. The molecule has 2 aromatic carbocycles. The molecule has 0 spiro atoms. The third-order valence-corrected chi connectivity index (χ3v) is 4.28. The summed E-state index contributed by atoms with van der Waals surface area (Å²) in [4.78, 5) is 17.0. The number of hydrogen-bond acceptors (Lipinski definition) is 6. The van der Waals surface area contributed by atoms with Crippen molar-refractivity contribution in [3.63, 3.8) is 0 Å². The number of nitrogens with one attached hydrogen (secondary N) is 1. The first-order chi connectivity index (χ1) is 13.0. The van der Waals surface area contributed by atoms with Crippen LogP contribution in [0.15, 0.2) is 47.0 Å². The third kappa shape index (κ3) is 3.98. The van der Waals surface area contributed by atoms with Gasteiger partial charge in [-0.15, -0.1) is 0 Å². The van der Waals surface area contributed by atoms with Crippen molar-refractivity contribution in [2.24, 2.45) is 5.73 Å². The molecular weight excluding hydrogens is 344 g/mol. The predicted molar refractivity (Wildman–Crippen MR) is 102 cm³/mol. The Morgan fingerprint density at radius 3 is 2.78 bits per heavy atom. The van der Waals surface area contributed by atoms with Crippen LogP contribution in [0.2, 0.25) is 0 Å². The molecule has 7 nitrogen and oxygen atoms in total. The molecule has 3 N–H and O–H groups in total. The quantitative estimate of drug-likeness (QED) is 0.694. The zero-order valence-electron chi connectivity index (χ0n) is 15.5. The molecular formula is C20H22N4O3. The maximum Gasteiger partial charge on any atom is 0.257 e. The molecule has 3 rings (SSSR count). The summed E-state index contributed by atoms with van der Waals surface area (Å²) < 4.78 is 10.6. The van der Waals surface area contributed by atoms with Gasteiger partial charge in [-0.2, -0.15) is 4.98 Å². The van der Waals surface area contributed by atoms with Gasteiger partial charge in [0.2, 0.25) is 5.91 Å². The van der Waals surface area contributed by atoms with Crippen molar-refractivity contribution in [2.75, 3.05) is 12.4 Å². The van der Waals surface area contributed by atoms with Crippen molar-refractivity contribution in [3.8, 4) is 17.2 Å². The Labute approximate surface area is 157 Å². The first-order valence-electron chi connectivity index (χ1n) is 8.66. The molecule has 1 heterocycles. The molecule has 1 atom stereocenters. The maximum absolute atomic E-state index is 12.7. The van der Waals surface area contributed by atoms with E-state index in [-0.39, 0.29) is 5.91 Å². The highest BCUT2D eigenvalue weighted by Crippen LogP contribution is 2.27. The van der Waals surface area contributed by atoms with Crippen LogP contribution in [0.3, 0.4) is 0 Å². The minimum Gasteiger partial charge on any atom is -0.496 e. The Hall–Kier alpha value is -3.19. The van der Waals surface area contributed by atoms with Gasteiger partial charge in [0, 0.05) is 23.2 Å². The molecule has 1 aromatic heterocycles. The summed E-state index contributed by atoms with van der Waals surface area (Å²) in [5.74, 6) is 1.29. The van der Waals surface area contributed by atoms with Crippen molar-refractivity contribution < 1.29 is 14.1 Å². The van der Waals surface area contributed by atoms with Crippen molar-refractivity contribution >= 4 is 11.6 Å². The molecule has 3 aromatic rings. The Morgan fingerprint density at radius 1 is 1.30 bits per heavy atom. The van der Waals surface area contributed by atoms with E-state index >= 15 is 0 Å². The second-order valence-corrected chi connectivity index (χ2v) is 6.11. The van der Waals surface area contributed by atoms with E-state index in [9.17, 15) is 4.79 Å². The molecule has 0 radical (unpaired) electrons. The van der Waals surface area contributed by atoms with E-state index in [0.29, 0.717) is 35.1 Å². The number of para-hydroxylation sites is 1. The average molecular weight is 366 g/mol.